The van der Waals surface area contributed by atoms with Crippen molar-refractivity contribution in [2.45, 2.75) is 44.4 Å². The maximum absolute atomic E-state index is 12.6. The summed E-state index contributed by atoms with van der Waals surface area (Å²) >= 11 is 0. The zero-order chi connectivity index (χ0) is 16.5. The van der Waals surface area contributed by atoms with E-state index in [1.165, 1.54) is 0 Å². The van der Waals surface area contributed by atoms with Crippen LogP contribution in [0.1, 0.15) is 42.9 Å². The third kappa shape index (κ3) is 2.94. The van der Waals surface area contributed by atoms with Crippen LogP contribution in [0.5, 0.6) is 0 Å². The van der Waals surface area contributed by atoms with Gasteiger partial charge in [-0.15, -0.1) is 0 Å². The summed E-state index contributed by atoms with van der Waals surface area (Å²) in [5.41, 5.74) is 2.19. The average molecular weight is 326 g/mol. The fourth-order valence-corrected chi connectivity index (χ4v) is 3.50. The van der Waals surface area contributed by atoms with Gasteiger partial charge in [-0.3, -0.25) is 14.5 Å². The molecule has 1 aliphatic carbocycles. The largest absolute Gasteiger partial charge is 0.371 e. The van der Waals surface area contributed by atoms with Crippen LogP contribution in [-0.2, 0) is 16.1 Å². The number of amides is 1. The van der Waals surface area contributed by atoms with Crippen molar-refractivity contribution in [3.05, 3.63) is 48.0 Å². The normalized spacial score (nSPS) is 28.7. The second-order valence-electron chi connectivity index (χ2n) is 6.56. The minimum absolute atomic E-state index is 0.0298. The van der Waals surface area contributed by atoms with Gasteiger partial charge in [0, 0.05) is 43.2 Å². The van der Waals surface area contributed by atoms with Crippen LogP contribution < -0.4 is 5.32 Å². The fourth-order valence-electron chi connectivity index (χ4n) is 3.50. The van der Waals surface area contributed by atoms with E-state index in [1.807, 2.05) is 35.4 Å². The number of aromatic nitrogens is 3. The Labute approximate surface area is 141 Å². The Morgan fingerprint density at radius 1 is 1.42 bits per heavy atom. The monoisotopic (exact) mass is 326 g/mol. The number of carbonyl (C=O) groups is 1. The number of carbonyl (C=O) groups excluding carboxylic acids is 1. The summed E-state index contributed by atoms with van der Waals surface area (Å²) in [5.74, 6) is 0.503. The highest BCUT2D eigenvalue weighted by atomic mass is 16.5. The Morgan fingerprint density at radius 3 is 3.08 bits per heavy atom. The molecule has 6 heteroatoms. The molecule has 0 bridgehead atoms. The number of nitrogens with zero attached hydrogens (tertiary/aromatic N) is 3. The first-order valence-corrected chi connectivity index (χ1v) is 8.60. The Morgan fingerprint density at radius 2 is 2.33 bits per heavy atom. The van der Waals surface area contributed by atoms with Crippen LogP contribution in [0.15, 0.2) is 36.9 Å². The summed E-state index contributed by atoms with van der Waals surface area (Å²) in [6.07, 6.45) is 9.13. The van der Waals surface area contributed by atoms with Crippen molar-refractivity contribution in [2.24, 2.45) is 5.92 Å². The molecule has 0 aromatic carbocycles. The molecule has 2 aromatic heterocycles. The van der Waals surface area contributed by atoms with E-state index in [9.17, 15) is 4.79 Å². The van der Waals surface area contributed by atoms with Crippen molar-refractivity contribution < 1.29 is 9.53 Å². The maximum Gasteiger partial charge on any atom is 0.224 e. The van der Waals surface area contributed by atoms with E-state index in [-0.39, 0.29) is 24.0 Å². The van der Waals surface area contributed by atoms with Crippen LogP contribution in [0, 0.1) is 5.92 Å². The Hall–Kier alpha value is -2.21. The van der Waals surface area contributed by atoms with E-state index in [0.717, 1.165) is 30.5 Å². The molecule has 24 heavy (non-hydrogen) atoms. The molecule has 2 aliphatic rings. The van der Waals surface area contributed by atoms with Gasteiger partial charge in [0.1, 0.15) is 6.10 Å². The number of pyridine rings is 1. The quantitative estimate of drug-likeness (QED) is 0.913. The highest BCUT2D eigenvalue weighted by molar-refractivity contribution is 5.83. The molecule has 1 amide bonds. The predicted octanol–water partition coefficient (Wildman–Crippen LogP) is 2.05. The molecule has 1 aliphatic heterocycles. The van der Waals surface area contributed by atoms with Crippen molar-refractivity contribution >= 4 is 5.91 Å². The van der Waals surface area contributed by atoms with Crippen molar-refractivity contribution in [3.63, 3.8) is 0 Å². The fraction of sp³-hybridized carbons (Fsp3) is 0.500. The van der Waals surface area contributed by atoms with Gasteiger partial charge >= 0.3 is 0 Å². The van der Waals surface area contributed by atoms with Gasteiger partial charge in [-0.25, -0.2) is 0 Å². The Balaban J connectivity index is 1.39. The van der Waals surface area contributed by atoms with Crippen LogP contribution in [0.25, 0.3) is 0 Å². The molecule has 0 unspecified atom stereocenters. The summed E-state index contributed by atoms with van der Waals surface area (Å²) in [6.45, 7) is 3.56. The highest BCUT2D eigenvalue weighted by Crippen LogP contribution is 2.47. The maximum atomic E-state index is 12.6. The van der Waals surface area contributed by atoms with Crippen LogP contribution >= 0.6 is 0 Å². The lowest BCUT2D eigenvalue weighted by molar-refractivity contribution is -0.123. The molecule has 2 aromatic rings. The van der Waals surface area contributed by atoms with Crippen molar-refractivity contribution in [1.82, 2.24) is 20.1 Å². The molecule has 4 atom stereocenters. The van der Waals surface area contributed by atoms with Gasteiger partial charge in [-0.2, -0.15) is 5.10 Å². The highest BCUT2D eigenvalue weighted by Gasteiger charge is 2.45. The average Bonchev–Trinajstić information content (AvgIpc) is 3.05. The molecule has 2 fully saturated rings. The predicted molar refractivity (Wildman–Crippen MR) is 88.2 cm³/mol. The summed E-state index contributed by atoms with van der Waals surface area (Å²) < 4.78 is 7.73. The third-order valence-electron chi connectivity index (χ3n) is 4.96. The molecule has 6 nitrogen and oxygen atoms in total. The van der Waals surface area contributed by atoms with Gasteiger partial charge in [-0.05, 0) is 37.3 Å². The first-order valence-electron chi connectivity index (χ1n) is 8.60. The van der Waals surface area contributed by atoms with E-state index < -0.39 is 0 Å². The number of hydrogen-bond acceptors (Lipinski definition) is 4. The van der Waals surface area contributed by atoms with E-state index in [4.69, 9.17) is 4.74 Å². The van der Waals surface area contributed by atoms with Gasteiger partial charge in [0.05, 0.1) is 12.2 Å². The van der Waals surface area contributed by atoms with Crippen molar-refractivity contribution in [2.75, 3.05) is 6.61 Å². The second-order valence-corrected chi connectivity index (χ2v) is 6.56. The molecule has 126 valence electrons. The van der Waals surface area contributed by atoms with Gasteiger partial charge < -0.3 is 10.1 Å². The molecule has 0 radical (unpaired) electrons. The van der Waals surface area contributed by atoms with Crippen molar-refractivity contribution in [3.8, 4) is 0 Å². The lowest BCUT2D eigenvalue weighted by Crippen LogP contribution is -2.37. The number of hydrogen-bond donors (Lipinski definition) is 1. The van der Waals surface area contributed by atoms with Crippen LogP contribution in [0.4, 0.5) is 0 Å². The number of rotatable bonds is 5. The minimum Gasteiger partial charge on any atom is -0.371 e. The topological polar surface area (TPSA) is 69.0 Å². The summed E-state index contributed by atoms with van der Waals surface area (Å²) in [5, 5.41) is 7.50. The van der Waals surface area contributed by atoms with Crippen LogP contribution in [-0.4, -0.2) is 33.3 Å². The third-order valence-corrected chi connectivity index (χ3v) is 4.96. The van der Waals surface area contributed by atoms with Crippen molar-refractivity contribution in [1.29, 1.82) is 0 Å². The molecule has 1 saturated carbocycles. The molecule has 4 rings (SSSR count). The molecule has 1 N–H and O–H groups in total. The van der Waals surface area contributed by atoms with Crippen LogP contribution in [0.3, 0.4) is 0 Å². The zero-order valence-corrected chi connectivity index (χ0v) is 13.8. The number of aryl methyl sites for hydroxylation is 1. The van der Waals surface area contributed by atoms with E-state index in [1.54, 1.807) is 6.20 Å². The zero-order valence-electron chi connectivity index (χ0n) is 13.8. The molecule has 3 heterocycles. The van der Waals surface area contributed by atoms with E-state index >= 15 is 0 Å². The van der Waals surface area contributed by atoms with Gasteiger partial charge in [0.15, 0.2) is 0 Å². The smallest absolute Gasteiger partial charge is 0.224 e. The second kappa shape index (κ2) is 6.36. The Bertz CT molecular complexity index is 715. The summed E-state index contributed by atoms with van der Waals surface area (Å²) in [7, 11) is 0. The summed E-state index contributed by atoms with van der Waals surface area (Å²) in [4.78, 5) is 16.7. The SMILES string of the molecule is CCn1cc([C@H]2OCC[C@@H]2NC(=O)[C@@H]2C[C@H]2c2cccnc2)cn1. The lowest BCUT2D eigenvalue weighted by Gasteiger charge is -2.19. The molecule has 1 saturated heterocycles. The first kappa shape index (κ1) is 15.3. The van der Waals surface area contributed by atoms with Gasteiger partial charge in [0.25, 0.3) is 0 Å². The van der Waals surface area contributed by atoms with E-state index in [2.05, 4.69) is 22.3 Å². The number of nitrogens with one attached hydrogen (secondary N) is 1. The standard InChI is InChI=1S/C18H22N4O2/c1-2-22-11-13(10-20-22)17-16(5-7-24-17)21-18(23)15-8-14(15)12-4-3-6-19-9-12/h3-4,6,9-11,14-17H,2,5,7-8H2,1H3,(H,21,23)/t14-,15+,16-,17+/m0/s1. The van der Waals surface area contributed by atoms with Crippen LogP contribution in [0.2, 0.25) is 0 Å². The molecular formula is C18H22N4O2. The Kier molecular flexibility index (Phi) is 4.06. The molecule has 0 spiro atoms. The van der Waals surface area contributed by atoms with Gasteiger partial charge in [-0.1, -0.05) is 6.07 Å². The lowest BCUT2D eigenvalue weighted by atomic mass is 10.0. The number of ether oxygens (including phenoxy) is 1. The van der Waals surface area contributed by atoms with E-state index in [0.29, 0.717) is 12.5 Å². The minimum atomic E-state index is -0.0927. The molecular weight excluding hydrogens is 304 g/mol. The first-order chi connectivity index (χ1) is 11.8. The summed E-state index contributed by atoms with van der Waals surface area (Å²) in [6, 6.07) is 4.00. The van der Waals surface area contributed by atoms with Gasteiger partial charge in [0.2, 0.25) is 5.91 Å².